The topological polar surface area (TPSA) is 75.7 Å². The maximum Gasteiger partial charge on any atom is 0.152 e. The van der Waals surface area contributed by atoms with Gasteiger partial charge in [-0.3, -0.25) is 0 Å². The molecule has 0 radical (unpaired) electrons. The highest BCUT2D eigenvalue weighted by Crippen LogP contribution is 1.91. The Kier molecular flexibility index (Phi) is 4.61. The first-order valence-electron chi connectivity index (χ1n) is 2.85. The van der Waals surface area contributed by atoms with E-state index in [0.29, 0.717) is 0 Å². The molecule has 0 saturated carbocycles. The highest BCUT2D eigenvalue weighted by molar-refractivity contribution is 4.54. The SMILES string of the molecule is CC(O)OC(CN)CO. The second-order valence-electron chi connectivity index (χ2n) is 1.78. The Morgan fingerprint density at radius 2 is 2.22 bits per heavy atom. The molecule has 0 aliphatic rings. The quantitative estimate of drug-likeness (QED) is 0.417. The van der Waals surface area contributed by atoms with Crippen molar-refractivity contribution in [2.24, 2.45) is 5.73 Å². The second kappa shape index (κ2) is 4.69. The predicted octanol–water partition coefficient (Wildman–Crippen LogP) is -1.34. The minimum absolute atomic E-state index is 0.151. The molecule has 4 N–H and O–H groups in total. The summed E-state index contributed by atoms with van der Waals surface area (Å²) >= 11 is 0. The molecule has 0 heterocycles. The largest absolute Gasteiger partial charge is 0.394 e. The van der Waals surface area contributed by atoms with Crippen LogP contribution in [0.15, 0.2) is 0 Å². The van der Waals surface area contributed by atoms with Gasteiger partial charge in [0, 0.05) is 6.54 Å². The normalized spacial score (nSPS) is 17.3. The molecule has 0 rings (SSSR count). The lowest BCUT2D eigenvalue weighted by molar-refractivity contribution is -0.131. The third-order valence-electron chi connectivity index (χ3n) is 0.856. The molecule has 0 fully saturated rings. The minimum atomic E-state index is -0.856. The number of rotatable bonds is 4. The molecule has 0 spiro atoms. The van der Waals surface area contributed by atoms with Crippen molar-refractivity contribution in [3.8, 4) is 0 Å². The molecule has 2 unspecified atom stereocenters. The van der Waals surface area contributed by atoms with E-state index in [9.17, 15) is 0 Å². The summed E-state index contributed by atoms with van der Waals surface area (Å²) in [6.45, 7) is 1.54. The van der Waals surface area contributed by atoms with Gasteiger partial charge in [0.15, 0.2) is 6.29 Å². The van der Waals surface area contributed by atoms with Crippen molar-refractivity contribution in [1.82, 2.24) is 0 Å². The van der Waals surface area contributed by atoms with Crippen LogP contribution in [-0.2, 0) is 4.74 Å². The van der Waals surface area contributed by atoms with Gasteiger partial charge < -0.3 is 20.7 Å². The Bertz CT molecular complexity index is 63.2. The zero-order valence-electron chi connectivity index (χ0n) is 5.45. The molecule has 0 aliphatic heterocycles. The van der Waals surface area contributed by atoms with Gasteiger partial charge in [0.05, 0.1) is 12.7 Å². The van der Waals surface area contributed by atoms with Crippen molar-refractivity contribution in [2.75, 3.05) is 13.2 Å². The molecular formula is C5H13NO3. The van der Waals surface area contributed by atoms with E-state index in [1.54, 1.807) is 0 Å². The van der Waals surface area contributed by atoms with Crippen LogP contribution in [0.25, 0.3) is 0 Å². The van der Waals surface area contributed by atoms with Gasteiger partial charge in [0.25, 0.3) is 0 Å². The first kappa shape index (κ1) is 8.84. The smallest absolute Gasteiger partial charge is 0.152 e. The van der Waals surface area contributed by atoms with E-state index in [0.717, 1.165) is 0 Å². The molecule has 9 heavy (non-hydrogen) atoms. The number of hydrogen-bond acceptors (Lipinski definition) is 4. The van der Waals surface area contributed by atoms with Gasteiger partial charge in [0.1, 0.15) is 0 Å². The first-order valence-corrected chi connectivity index (χ1v) is 2.85. The summed E-state index contributed by atoms with van der Waals surface area (Å²) in [5, 5.41) is 17.1. The van der Waals surface area contributed by atoms with E-state index < -0.39 is 12.4 Å². The summed E-state index contributed by atoms with van der Waals surface area (Å²) in [5.41, 5.74) is 5.14. The van der Waals surface area contributed by atoms with Gasteiger partial charge in [-0.05, 0) is 6.92 Å². The fourth-order valence-corrected chi connectivity index (χ4v) is 0.452. The van der Waals surface area contributed by atoms with Gasteiger partial charge in [-0.25, -0.2) is 0 Å². The van der Waals surface area contributed by atoms with Crippen LogP contribution < -0.4 is 5.73 Å². The van der Waals surface area contributed by atoms with E-state index in [-0.39, 0.29) is 13.2 Å². The number of ether oxygens (including phenoxy) is 1. The summed E-state index contributed by atoms with van der Waals surface area (Å²) in [6.07, 6.45) is -1.30. The maximum absolute atomic E-state index is 8.60. The minimum Gasteiger partial charge on any atom is -0.394 e. The lowest BCUT2D eigenvalue weighted by Gasteiger charge is -2.14. The van der Waals surface area contributed by atoms with Crippen molar-refractivity contribution in [3.05, 3.63) is 0 Å². The molecule has 0 aromatic rings. The van der Waals surface area contributed by atoms with E-state index in [4.69, 9.17) is 20.7 Å². The highest BCUT2D eigenvalue weighted by Gasteiger charge is 2.06. The molecule has 2 atom stereocenters. The van der Waals surface area contributed by atoms with E-state index in [1.165, 1.54) is 6.92 Å². The van der Waals surface area contributed by atoms with Crippen LogP contribution in [0.1, 0.15) is 6.92 Å². The Balaban J connectivity index is 3.31. The monoisotopic (exact) mass is 135 g/mol. The first-order chi connectivity index (χ1) is 4.20. The van der Waals surface area contributed by atoms with Crippen molar-refractivity contribution in [2.45, 2.75) is 19.3 Å². The standard InChI is InChI=1S/C5H13NO3/c1-4(8)9-5(2-6)3-7/h4-5,7-8H,2-3,6H2,1H3. The fourth-order valence-electron chi connectivity index (χ4n) is 0.452. The summed E-state index contributed by atoms with van der Waals surface area (Å²) in [5.74, 6) is 0. The molecule has 0 aliphatic carbocycles. The average molecular weight is 135 g/mol. The Morgan fingerprint density at radius 3 is 2.33 bits per heavy atom. The number of hydrogen-bond donors (Lipinski definition) is 3. The molecule has 0 saturated heterocycles. The van der Waals surface area contributed by atoms with Crippen molar-refractivity contribution >= 4 is 0 Å². The third kappa shape index (κ3) is 4.35. The van der Waals surface area contributed by atoms with Crippen LogP contribution >= 0.6 is 0 Å². The third-order valence-corrected chi connectivity index (χ3v) is 0.856. The maximum atomic E-state index is 8.60. The number of aliphatic hydroxyl groups is 2. The van der Waals surface area contributed by atoms with E-state index in [1.807, 2.05) is 0 Å². The van der Waals surface area contributed by atoms with Gasteiger partial charge in [0.2, 0.25) is 0 Å². The summed E-state index contributed by atoms with van der Waals surface area (Å²) in [7, 11) is 0. The molecular weight excluding hydrogens is 122 g/mol. The van der Waals surface area contributed by atoms with Gasteiger partial charge in [-0.15, -0.1) is 0 Å². The van der Waals surface area contributed by atoms with Gasteiger partial charge >= 0.3 is 0 Å². The van der Waals surface area contributed by atoms with Gasteiger partial charge in [-0.2, -0.15) is 0 Å². The second-order valence-corrected chi connectivity index (χ2v) is 1.78. The molecule has 0 bridgehead atoms. The number of nitrogens with two attached hydrogens (primary N) is 1. The van der Waals surface area contributed by atoms with E-state index >= 15 is 0 Å². The molecule has 0 amide bonds. The molecule has 0 aromatic heterocycles. The zero-order valence-corrected chi connectivity index (χ0v) is 5.45. The van der Waals surface area contributed by atoms with Crippen LogP contribution in [0, 0.1) is 0 Å². The lowest BCUT2D eigenvalue weighted by Crippen LogP contribution is -2.30. The van der Waals surface area contributed by atoms with Crippen LogP contribution in [0.3, 0.4) is 0 Å². The van der Waals surface area contributed by atoms with Crippen LogP contribution in [0.2, 0.25) is 0 Å². The lowest BCUT2D eigenvalue weighted by atomic mass is 10.4. The Hall–Kier alpha value is -0.160. The molecule has 4 nitrogen and oxygen atoms in total. The summed E-state index contributed by atoms with van der Waals surface area (Å²) in [6, 6.07) is 0. The Labute approximate surface area is 54.2 Å². The predicted molar refractivity (Wildman–Crippen MR) is 32.7 cm³/mol. The van der Waals surface area contributed by atoms with Crippen LogP contribution in [0.4, 0.5) is 0 Å². The van der Waals surface area contributed by atoms with Crippen LogP contribution in [-0.4, -0.2) is 35.8 Å². The average Bonchev–Trinajstić information content (AvgIpc) is 1.82. The zero-order chi connectivity index (χ0) is 7.28. The highest BCUT2D eigenvalue weighted by atomic mass is 16.6. The molecule has 4 heteroatoms. The van der Waals surface area contributed by atoms with Crippen molar-refractivity contribution in [1.29, 1.82) is 0 Å². The Morgan fingerprint density at radius 1 is 1.67 bits per heavy atom. The van der Waals surface area contributed by atoms with Crippen molar-refractivity contribution < 1.29 is 14.9 Å². The van der Waals surface area contributed by atoms with Crippen LogP contribution in [0.5, 0.6) is 0 Å². The molecule has 0 aromatic carbocycles. The van der Waals surface area contributed by atoms with E-state index in [2.05, 4.69) is 0 Å². The number of aliphatic hydroxyl groups excluding tert-OH is 2. The summed E-state index contributed by atoms with van der Waals surface area (Å²) < 4.78 is 4.73. The fraction of sp³-hybridized carbons (Fsp3) is 1.00. The molecule has 56 valence electrons. The summed E-state index contributed by atoms with van der Waals surface area (Å²) in [4.78, 5) is 0. The van der Waals surface area contributed by atoms with Crippen molar-refractivity contribution in [3.63, 3.8) is 0 Å². The van der Waals surface area contributed by atoms with Gasteiger partial charge in [-0.1, -0.05) is 0 Å².